The number of rotatable bonds is 8. The fraction of sp³-hybridized carbons (Fsp3) is 0.350. The number of methoxy groups -OCH3 is 1. The first-order valence-electron chi connectivity index (χ1n) is 8.64. The smallest absolute Gasteiger partial charge is 0.242 e. The lowest BCUT2D eigenvalue weighted by molar-refractivity contribution is -0.140. The van der Waals surface area contributed by atoms with Crippen LogP contribution in [0.2, 0.25) is 0 Å². The van der Waals surface area contributed by atoms with Crippen molar-refractivity contribution in [2.45, 2.75) is 39.4 Å². The van der Waals surface area contributed by atoms with Gasteiger partial charge in [0.15, 0.2) is 0 Å². The lowest BCUT2D eigenvalue weighted by atomic mass is 10.1. The van der Waals surface area contributed by atoms with Crippen LogP contribution in [0.15, 0.2) is 48.8 Å². The van der Waals surface area contributed by atoms with E-state index in [1.54, 1.807) is 38.3 Å². The Bertz CT molecular complexity index is 717. The highest BCUT2D eigenvalue weighted by atomic mass is 16.5. The molecule has 2 amide bonds. The average Bonchev–Trinajstić information content (AvgIpc) is 2.70. The van der Waals surface area contributed by atoms with Gasteiger partial charge in [-0.2, -0.15) is 0 Å². The van der Waals surface area contributed by atoms with E-state index in [0.717, 1.165) is 16.9 Å². The van der Waals surface area contributed by atoms with Crippen LogP contribution >= 0.6 is 0 Å². The predicted octanol–water partition coefficient (Wildman–Crippen LogP) is 2.53. The number of hydrogen-bond acceptors (Lipinski definition) is 4. The molecule has 1 heterocycles. The molecule has 0 saturated heterocycles. The molecule has 0 bridgehead atoms. The van der Waals surface area contributed by atoms with Crippen molar-refractivity contribution in [2.24, 2.45) is 0 Å². The number of nitrogens with zero attached hydrogens (tertiary/aromatic N) is 2. The molecule has 1 unspecified atom stereocenters. The molecule has 0 fully saturated rings. The number of carbonyl (C=O) groups excluding carboxylic acids is 2. The quantitative estimate of drug-likeness (QED) is 0.790. The molecule has 1 aromatic heterocycles. The summed E-state index contributed by atoms with van der Waals surface area (Å²) in [6.07, 6.45) is 3.71. The van der Waals surface area contributed by atoms with E-state index in [0.29, 0.717) is 19.5 Å². The molecule has 138 valence electrons. The molecule has 26 heavy (non-hydrogen) atoms. The summed E-state index contributed by atoms with van der Waals surface area (Å²) in [5.74, 6) is 0.509. The molecular formula is C20H25N3O3. The zero-order valence-electron chi connectivity index (χ0n) is 15.4. The number of ether oxygens (including phenoxy) is 1. The maximum atomic E-state index is 12.5. The summed E-state index contributed by atoms with van der Waals surface area (Å²) >= 11 is 0. The fourth-order valence-corrected chi connectivity index (χ4v) is 2.55. The molecule has 2 rings (SSSR count). The summed E-state index contributed by atoms with van der Waals surface area (Å²) in [6, 6.07) is 10.6. The summed E-state index contributed by atoms with van der Waals surface area (Å²) in [5, 5.41) is 2.88. The van der Waals surface area contributed by atoms with Gasteiger partial charge in [0.05, 0.1) is 7.11 Å². The number of aromatic nitrogens is 1. The van der Waals surface area contributed by atoms with Gasteiger partial charge in [0.1, 0.15) is 11.8 Å². The van der Waals surface area contributed by atoms with Crippen LogP contribution in [0.25, 0.3) is 0 Å². The van der Waals surface area contributed by atoms with Crippen LogP contribution in [0, 0.1) is 0 Å². The lowest BCUT2D eigenvalue weighted by Crippen LogP contribution is -2.47. The van der Waals surface area contributed by atoms with Crippen LogP contribution in [0.5, 0.6) is 5.75 Å². The molecule has 1 aromatic carbocycles. The minimum absolute atomic E-state index is 0.0626. The van der Waals surface area contributed by atoms with Gasteiger partial charge < -0.3 is 15.0 Å². The lowest BCUT2D eigenvalue weighted by Gasteiger charge is -2.28. The van der Waals surface area contributed by atoms with Crippen molar-refractivity contribution in [3.05, 3.63) is 59.9 Å². The van der Waals surface area contributed by atoms with Gasteiger partial charge in [0.25, 0.3) is 0 Å². The van der Waals surface area contributed by atoms with Crippen LogP contribution < -0.4 is 10.1 Å². The largest absolute Gasteiger partial charge is 0.497 e. The van der Waals surface area contributed by atoms with Gasteiger partial charge in [-0.05, 0) is 42.3 Å². The maximum absolute atomic E-state index is 12.5. The van der Waals surface area contributed by atoms with Crippen LogP contribution in [0.1, 0.15) is 31.4 Å². The van der Waals surface area contributed by atoms with Crippen molar-refractivity contribution < 1.29 is 14.3 Å². The van der Waals surface area contributed by atoms with Gasteiger partial charge in [-0.3, -0.25) is 14.6 Å². The van der Waals surface area contributed by atoms with Gasteiger partial charge in [0, 0.05) is 31.9 Å². The molecule has 6 nitrogen and oxygen atoms in total. The molecule has 2 aromatic rings. The van der Waals surface area contributed by atoms with Crippen molar-refractivity contribution in [1.29, 1.82) is 0 Å². The van der Waals surface area contributed by atoms with E-state index in [9.17, 15) is 9.59 Å². The Kier molecular flexibility index (Phi) is 7.14. The fourth-order valence-electron chi connectivity index (χ4n) is 2.55. The van der Waals surface area contributed by atoms with Crippen LogP contribution in [0.3, 0.4) is 0 Å². The number of pyridine rings is 1. The number of carbonyl (C=O) groups is 2. The first-order chi connectivity index (χ1) is 12.5. The van der Waals surface area contributed by atoms with Crippen molar-refractivity contribution in [1.82, 2.24) is 15.2 Å². The Hall–Kier alpha value is -2.89. The third kappa shape index (κ3) is 5.31. The highest BCUT2D eigenvalue weighted by Crippen LogP contribution is 2.15. The molecule has 0 aliphatic rings. The second kappa shape index (κ2) is 9.56. The first-order valence-corrected chi connectivity index (χ1v) is 8.64. The third-order valence-corrected chi connectivity index (χ3v) is 4.20. The number of amides is 2. The number of benzene rings is 1. The van der Waals surface area contributed by atoms with Crippen LogP contribution in [0.4, 0.5) is 0 Å². The summed E-state index contributed by atoms with van der Waals surface area (Å²) in [6.45, 7) is 4.33. The van der Waals surface area contributed by atoms with E-state index in [1.807, 2.05) is 36.4 Å². The minimum atomic E-state index is -0.564. The summed E-state index contributed by atoms with van der Waals surface area (Å²) in [7, 11) is 1.61. The molecule has 6 heteroatoms. The van der Waals surface area contributed by atoms with Gasteiger partial charge in [-0.15, -0.1) is 0 Å². The van der Waals surface area contributed by atoms with Crippen molar-refractivity contribution >= 4 is 11.8 Å². The normalized spacial score (nSPS) is 11.5. The predicted molar refractivity (Wildman–Crippen MR) is 99.4 cm³/mol. The molecule has 0 saturated carbocycles. The Morgan fingerprint density at radius 1 is 1.12 bits per heavy atom. The average molecular weight is 355 g/mol. The van der Waals surface area contributed by atoms with Gasteiger partial charge in [-0.25, -0.2) is 0 Å². The van der Waals surface area contributed by atoms with Crippen molar-refractivity contribution in [2.75, 3.05) is 7.11 Å². The molecule has 1 atom stereocenters. The molecule has 1 N–H and O–H groups in total. The second-order valence-corrected chi connectivity index (χ2v) is 5.97. The number of hydrogen-bond donors (Lipinski definition) is 1. The third-order valence-electron chi connectivity index (χ3n) is 4.20. The van der Waals surface area contributed by atoms with E-state index in [-0.39, 0.29) is 11.8 Å². The molecule has 0 radical (unpaired) electrons. The van der Waals surface area contributed by atoms with Crippen LogP contribution in [-0.2, 0) is 22.7 Å². The van der Waals surface area contributed by atoms with Crippen molar-refractivity contribution in [3.63, 3.8) is 0 Å². The van der Waals surface area contributed by atoms with E-state index < -0.39 is 6.04 Å². The number of nitrogens with one attached hydrogen (secondary N) is 1. The monoisotopic (exact) mass is 355 g/mol. The highest BCUT2D eigenvalue weighted by molar-refractivity contribution is 5.87. The highest BCUT2D eigenvalue weighted by Gasteiger charge is 2.24. The van der Waals surface area contributed by atoms with Crippen molar-refractivity contribution in [3.8, 4) is 5.75 Å². The van der Waals surface area contributed by atoms with E-state index in [4.69, 9.17) is 4.74 Å². The van der Waals surface area contributed by atoms with E-state index in [2.05, 4.69) is 10.3 Å². The SMILES string of the molecule is CCC(=O)N(Cc1ccc(OC)cc1)C(C)C(=O)NCc1ccncc1. The first kappa shape index (κ1) is 19.4. The van der Waals surface area contributed by atoms with Gasteiger partial charge in [-0.1, -0.05) is 19.1 Å². The zero-order valence-corrected chi connectivity index (χ0v) is 15.4. The van der Waals surface area contributed by atoms with E-state index in [1.165, 1.54) is 0 Å². The summed E-state index contributed by atoms with van der Waals surface area (Å²) < 4.78 is 5.15. The molecular weight excluding hydrogens is 330 g/mol. The van der Waals surface area contributed by atoms with Gasteiger partial charge >= 0.3 is 0 Å². The van der Waals surface area contributed by atoms with Gasteiger partial charge in [0.2, 0.25) is 11.8 Å². The Balaban J connectivity index is 2.04. The topological polar surface area (TPSA) is 71.5 Å². The zero-order chi connectivity index (χ0) is 18.9. The maximum Gasteiger partial charge on any atom is 0.242 e. The van der Waals surface area contributed by atoms with E-state index >= 15 is 0 Å². The standard InChI is InChI=1S/C20H25N3O3/c1-4-19(24)23(14-17-5-7-18(26-3)8-6-17)15(2)20(25)22-13-16-9-11-21-12-10-16/h5-12,15H,4,13-14H2,1-3H3,(H,22,25). The Labute approximate surface area is 154 Å². The summed E-state index contributed by atoms with van der Waals surface area (Å²) in [5.41, 5.74) is 1.91. The Morgan fingerprint density at radius 2 is 1.77 bits per heavy atom. The molecule has 0 spiro atoms. The second-order valence-electron chi connectivity index (χ2n) is 5.97. The molecule has 0 aliphatic carbocycles. The Morgan fingerprint density at radius 3 is 2.35 bits per heavy atom. The molecule has 0 aliphatic heterocycles. The van der Waals surface area contributed by atoms with Crippen LogP contribution in [-0.4, -0.2) is 34.8 Å². The summed E-state index contributed by atoms with van der Waals surface area (Å²) in [4.78, 5) is 30.5. The minimum Gasteiger partial charge on any atom is -0.497 e.